The van der Waals surface area contributed by atoms with Gasteiger partial charge in [0, 0.05) is 4.91 Å². The Balaban J connectivity index is 1.86. The molecule has 1 aliphatic carbocycles. The first kappa shape index (κ1) is 15.5. The number of allylic oxidation sites excluding steroid dienone is 3. The minimum Gasteiger partial charge on any atom is -0.478 e. The molecular formula is C21H20O2S. The topological polar surface area (TPSA) is 37.3 Å². The van der Waals surface area contributed by atoms with Crippen molar-refractivity contribution in [2.75, 3.05) is 0 Å². The second-order valence-corrected chi connectivity index (χ2v) is 7.76. The van der Waals surface area contributed by atoms with Gasteiger partial charge >= 0.3 is 5.97 Å². The van der Waals surface area contributed by atoms with Crippen molar-refractivity contribution in [1.82, 2.24) is 0 Å². The summed E-state index contributed by atoms with van der Waals surface area (Å²) < 4.78 is 0. The van der Waals surface area contributed by atoms with Crippen molar-refractivity contribution in [3.8, 4) is 0 Å². The first-order valence-corrected chi connectivity index (χ1v) is 9.29. The maximum Gasteiger partial charge on any atom is 0.335 e. The third-order valence-corrected chi connectivity index (χ3v) is 6.33. The molecule has 0 radical (unpaired) electrons. The molecule has 0 unspecified atom stereocenters. The molecule has 3 heteroatoms. The van der Waals surface area contributed by atoms with Crippen LogP contribution in [0.3, 0.4) is 0 Å². The number of aromatic carboxylic acids is 1. The Morgan fingerprint density at radius 2 is 2.04 bits per heavy atom. The molecule has 2 aliphatic rings. The van der Waals surface area contributed by atoms with E-state index in [4.69, 9.17) is 0 Å². The number of carboxylic acids is 1. The predicted molar refractivity (Wildman–Crippen MR) is 101 cm³/mol. The molecule has 2 aromatic carbocycles. The number of hydrogen-bond acceptors (Lipinski definition) is 2. The molecule has 1 heterocycles. The van der Waals surface area contributed by atoms with E-state index in [1.165, 1.54) is 33.8 Å². The Morgan fingerprint density at radius 1 is 1.21 bits per heavy atom. The van der Waals surface area contributed by atoms with Gasteiger partial charge in [-0.15, -0.1) is 0 Å². The molecule has 0 bridgehead atoms. The van der Waals surface area contributed by atoms with Gasteiger partial charge in [0.2, 0.25) is 0 Å². The normalized spacial score (nSPS) is 18.5. The second kappa shape index (κ2) is 6.14. The molecule has 0 amide bonds. The molecule has 2 aromatic rings. The van der Waals surface area contributed by atoms with E-state index in [9.17, 15) is 9.90 Å². The minimum absolute atomic E-state index is 0.352. The van der Waals surface area contributed by atoms with Crippen molar-refractivity contribution in [3.05, 3.63) is 64.1 Å². The first-order chi connectivity index (χ1) is 11.6. The first-order valence-electron chi connectivity index (χ1n) is 8.47. The highest BCUT2D eigenvalue weighted by molar-refractivity contribution is 8.11. The molecule has 2 nitrogen and oxygen atoms in total. The van der Waals surface area contributed by atoms with Gasteiger partial charge in [0.15, 0.2) is 0 Å². The summed E-state index contributed by atoms with van der Waals surface area (Å²) in [6.45, 7) is 2.21. The van der Waals surface area contributed by atoms with Crippen LogP contribution < -0.4 is 0 Å². The molecule has 0 saturated heterocycles. The fraction of sp³-hybridized carbons (Fsp3) is 0.286. The molecule has 0 spiro atoms. The largest absolute Gasteiger partial charge is 0.478 e. The fourth-order valence-corrected chi connectivity index (χ4v) is 4.70. The zero-order chi connectivity index (χ0) is 16.7. The van der Waals surface area contributed by atoms with Crippen LogP contribution in [-0.2, 0) is 0 Å². The smallest absolute Gasteiger partial charge is 0.335 e. The van der Waals surface area contributed by atoms with Gasteiger partial charge in [0.1, 0.15) is 0 Å². The Bertz CT molecular complexity index is 888. The summed E-state index contributed by atoms with van der Waals surface area (Å²) in [6, 6.07) is 11.7. The van der Waals surface area contributed by atoms with Gasteiger partial charge in [0.25, 0.3) is 0 Å². The lowest BCUT2D eigenvalue weighted by atomic mass is 9.99. The van der Waals surface area contributed by atoms with Crippen LogP contribution in [-0.4, -0.2) is 11.1 Å². The van der Waals surface area contributed by atoms with Gasteiger partial charge in [-0.05, 0) is 71.9 Å². The van der Waals surface area contributed by atoms with E-state index in [1.807, 2.05) is 23.9 Å². The number of fused-ring (bicyclic) bond motifs is 1. The number of carboxylic acid groups (broad SMARTS) is 1. The molecule has 122 valence electrons. The second-order valence-electron chi connectivity index (χ2n) is 6.68. The van der Waals surface area contributed by atoms with Crippen molar-refractivity contribution in [2.24, 2.45) is 5.92 Å². The highest BCUT2D eigenvalue weighted by atomic mass is 32.2. The third kappa shape index (κ3) is 2.89. The van der Waals surface area contributed by atoms with Crippen LogP contribution in [0.5, 0.6) is 0 Å². The van der Waals surface area contributed by atoms with Crippen molar-refractivity contribution in [3.63, 3.8) is 0 Å². The lowest BCUT2D eigenvalue weighted by molar-refractivity contribution is 0.0697. The SMILES string of the molecule is CC1=C(c2cccc3ccc(C(=O)O)cc23)SC(C2CC2)=CCC1. The maximum atomic E-state index is 11.4. The minimum atomic E-state index is -0.871. The maximum absolute atomic E-state index is 11.4. The highest BCUT2D eigenvalue weighted by Gasteiger charge is 2.28. The van der Waals surface area contributed by atoms with Crippen LogP contribution in [0.25, 0.3) is 15.7 Å². The Hall–Kier alpha value is -2.00. The van der Waals surface area contributed by atoms with Crippen molar-refractivity contribution in [2.45, 2.75) is 32.6 Å². The Labute approximate surface area is 146 Å². The molecule has 0 aromatic heterocycles. The summed E-state index contributed by atoms with van der Waals surface area (Å²) >= 11 is 1.91. The number of hydrogen-bond donors (Lipinski definition) is 1. The van der Waals surface area contributed by atoms with E-state index in [0.717, 1.165) is 29.5 Å². The summed E-state index contributed by atoms with van der Waals surface area (Å²) in [4.78, 5) is 14.2. The molecule has 1 fully saturated rings. The average Bonchev–Trinajstić information content (AvgIpc) is 3.41. The van der Waals surface area contributed by atoms with Gasteiger partial charge < -0.3 is 5.11 Å². The molecule has 24 heavy (non-hydrogen) atoms. The van der Waals surface area contributed by atoms with Gasteiger partial charge in [-0.1, -0.05) is 47.7 Å². The average molecular weight is 336 g/mol. The van der Waals surface area contributed by atoms with Crippen LogP contribution in [0.4, 0.5) is 0 Å². The zero-order valence-electron chi connectivity index (χ0n) is 13.7. The predicted octanol–water partition coefficient (Wildman–Crippen LogP) is 6.09. The number of benzene rings is 2. The van der Waals surface area contributed by atoms with Crippen LogP contribution in [0.15, 0.2) is 53.0 Å². The van der Waals surface area contributed by atoms with Crippen LogP contribution in [0.2, 0.25) is 0 Å². The number of rotatable bonds is 3. The van der Waals surface area contributed by atoms with Gasteiger partial charge in [-0.25, -0.2) is 4.79 Å². The summed E-state index contributed by atoms with van der Waals surface area (Å²) in [6.07, 6.45) is 7.22. The van der Waals surface area contributed by atoms with Crippen molar-refractivity contribution < 1.29 is 9.90 Å². The van der Waals surface area contributed by atoms with E-state index in [2.05, 4.69) is 31.2 Å². The Morgan fingerprint density at radius 3 is 2.79 bits per heavy atom. The zero-order valence-corrected chi connectivity index (χ0v) is 14.5. The van der Waals surface area contributed by atoms with E-state index >= 15 is 0 Å². The van der Waals surface area contributed by atoms with E-state index in [-0.39, 0.29) is 0 Å². The lowest BCUT2D eigenvalue weighted by Crippen LogP contribution is -1.96. The van der Waals surface area contributed by atoms with Gasteiger partial charge in [-0.2, -0.15) is 0 Å². The quantitative estimate of drug-likeness (QED) is 0.737. The standard InChI is InChI=1S/C21H20O2S/c1-13-4-2-7-19(15-9-10-15)24-20(13)17-6-3-5-14-8-11-16(21(22)23)12-18(14)17/h3,5-8,11-12,15H,2,4,9-10H2,1H3,(H,22,23). The highest BCUT2D eigenvalue weighted by Crippen LogP contribution is 2.50. The fourth-order valence-electron chi connectivity index (χ4n) is 3.30. The van der Waals surface area contributed by atoms with E-state index < -0.39 is 5.97 Å². The molecule has 0 atom stereocenters. The molecular weight excluding hydrogens is 316 g/mol. The van der Waals surface area contributed by atoms with E-state index in [0.29, 0.717) is 5.56 Å². The summed E-state index contributed by atoms with van der Waals surface area (Å²) in [5, 5.41) is 11.5. The van der Waals surface area contributed by atoms with Crippen LogP contribution >= 0.6 is 11.8 Å². The van der Waals surface area contributed by atoms with Crippen LogP contribution in [0, 0.1) is 5.92 Å². The van der Waals surface area contributed by atoms with Crippen LogP contribution in [0.1, 0.15) is 48.5 Å². The number of thioether (sulfide) groups is 1. The number of carbonyl (C=O) groups is 1. The molecule has 1 N–H and O–H groups in total. The lowest BCUT2D eigenvalue weighted by Gasteiger charge is -2.14. The summed E-state index contributed by atoms with van der Waals surface area (Å²) in [7, 11) is 0. The van der Waals surface area contributed by atoms with E-state index in [1.54, 1.807) is 6.07 Å². The molecule has 1 saturated carbocycles. The summed E-state index contributed by atoms with van der Waals surface area (Å²) in [5.74, 6) is -0.120. The molecule has 4 rings (SSSR count). The third-order valence-electron chi connectivity index (χ3n) is 4.83. The monoisotopic (exact) mass is 336 g/mol. The van der Waals surface area contributed by atoms with Gasteiger partial charge in [-0.3, -0.25) is 0 Å². The van der Waals surface area contributed by atoms with Gasteiger partial charge in [0.05, 0.1) is 5.56 Å². The summed E-state index contributed by atoms with van der Waals surface area (Å²) in [5.41, 5.74) is 2.93. The Kier molecular flexibility index (Phi) is 3.97. The molecule has 1 aliphatic heterocycles. The van der Waals surface area contributed by atoms with Crippen molar-refractivity contribution in [1.29, 1.82) is 0 Å². The van der Waals surface area contributed by atoms with Crippen molar-refractivity contribution >= 4 is 33.4 Å².